The summed E-state index contributed by atoms with van der Waals surface area (Å²) in [6, 6.07) is -0.372. The molecule has 8 nitrogen and oxygen atoms in total. The summed E-state index contributed by atoms with van der Waals surface area (Å²) >= 11 is 0. The Morgan fingerprint density at radius 2 is 1.87 bits per heavy atom. The van der Waals surface area contributed by atoms with Crippen LogP contribution >= 0.6 is 0 Å². The summed E-state index contributed by atoms with van der Waals surface area (Å²) in [6.07, 6.45) is 7.15. The molecular weight excluding hydrogens is 298 g/mol. The predicted molar refractivity (Wildman–Crippen MR) is 78.9 cm³/mol. The molecule has 0 atom stereocenters. The number of nitrogens with zero attached hydrogens (tertiary/aromatic N) is 3. The largest absolute Gasteiger partial charge is 0.337 e. The second kappa shape index (κ2) is 5.02. The van der Waals surface area contributed by atoms with Gasteiger partial charge >= 0.3 is 6.03 Å². The summed E-state index contributed by atoms with van der Waals surface area (Å²) in [6.45, 7) is 0.00942. The van der Waals surface area contributed by atoms with E-state index in [4.69, 9.17) is 10.3 Å². The van der Waals surface area contributed by atoms with Crippen LogP contribution in [-0.2, 0) is 16.9 Å². The zero-order chi connectivity index (χ0) is 16.1. The number of hydrogen-bond donors (Lipinski definition) is 2. The summed E-state index contributed by atoms with van der Waals surface area (Å²) in [5.74, 6) is 0.555. The lowest BCUT2D eigenvalue weighted by molar-refractivity contribution is -0.133. The number of nitrogens with two attached hydrogens (primary N) is 1. The normalized spacial score (nSPS) is 25.5. The molecule has 0 radical (unpaired) electrons. The fourth-order valence-corrected chi connectivity index (χ4v) is 3.75. The molecule has 2 aliphatic carbocycles. The second-order valence-corrected chi connectivity index (χ2v) is 6.99. The van der Waals surface area contributed by atoms with Gasteiger partial charge in [-0.25, -0.2) is 4.79 Å². The van der Waals surface area contributed by atoms with Gasteiger partial charge in [0, 0.05) is 0 Å². The molecule has 1 aromatic rings. The van der Waals surface area contributed by atoms with Gasteiger partial charge in [0.15, 0.2) is 5.82 Å². The van der Waals surface area contributed by atoms with E-state index in [1.165, 1.54) is 4.90 Å². The Hall–Kier alpha value is -1.96. The first-order chi connectivity index (χ1) is 11.0. The van der Waals surface area contributed by atoms with E-state index in [9.17, 15) is 9.59 Å². The Bertz CT molecular complexity index is 645. The van der Waals surface area contributed by atoms with Crippen LogP contribution in [-0.4, -0.2) is 32.5 Å². The quantitative estimate of drug-likeness (QED) is 0.808. The molecule has 23 heavy (non-hydrogen) atoms. The number of imide groups is 1. The van der Waals surface area contributed by atoms with Gasteiger partial charge < -0.3 is 15.6 Å². The lowest BCUT2D eigenvalue weighted by Crippen LogP contribution is -2.48. The molecule has 3 fully saturated rings. The van der Waals surface area contributed by atoms with Gasteiger partial charge in [0.2, 0.25) is 5.89 Å². The standard InChI is InChI=1S/C15H21N5O3/c16-14(5-4-6-14)11-17-10(23-19-11)9-20-12(21)15(18-13(20)22)7-2-1-3-8-15/h1-9,16H2,(H,18,22). The third-order valence-corrected chi connectivity index (χ3v) is 5.41. The first kappa shape index (κ1) is 14.6. The van der Waals surface area contributed by atoms with Crippen molar-refractivity contribution in [3.05, 3.63) is 11.7 Å². The highest BCUT2D eigenvalue weighted by atomic mass is 16.5. The molecule has 1 aliphatic heterocycles. The third kappa shape index (κ3) is 2.23. The van der Waals surface area contributed by atoms with E-state index < -0.39 is 11.1 Å². The predicted octanol–water partition coefficient (Wildman–Crippen LogP) is 1.16. The average Bonchev–Trinajstić information content (AvgIpc) is 3.06. The molecule has 1 saturated heterocycles. The first-order valence-electron chi connectivity index (χ1n) is 8.29. The van der Waals surface area contributed by atoms with Gasteiger partial charge in [-0.15, -0.1) is 0 Å². The highest BCUT2D eigenvalue weighted by Crippen LogP contribution is 2.37. The highest BCUT2D eigenvalue weighted by Gasteiger charge is 2.51. The van der Waals surface area contributed by atoms with Crippen molar-refractivity contribution >= 4 is 11.9 Å². The molecule has 3 amide bonds. The molecule has 1 spiro atoms. The van der Waals surface area contributed by atoms with Crippen LogP contribution in [0.25, 0.3) is 0 Å². The van der Waals surface area contributed by atoms with E-state index in [1.807, 2.05) is 0 Å². The SMILES string of the molecule is NC1(c2noc(CN3C(=O)NC4(CCCCC4)C3=O)n2)CCC1. The highest BCUT2D eigenvalue weighted by molar-refractivity contribution is 6.06. The molecule has 2 saturated carbocycles. The van der Waals surface area contributed by atoms with Crippen molar-refractivity contribution in [2.45, 2.75) is 69.0 Å². The first-order valence-corrected chi connectivity index (χ1v) is 8.29. The number of amides is 3. The molecule has 0 unspecified atom stereocenters. The molecule has 3 aliphatic rings. The van der Waals surface area contributed by atoms with Crippen molar-refractivity contribution in [1.29, 1.82) is 0 Å². The minimum Gasteiger partial charge on any atom is -0.337 e. The molecule has 2 heterocycles. The van der Waals surface area contributed by atoms with Crippen molar-refractivity contribution in [3.8, 4) is 0 Å². The van der Waals surface area contributed by atoms with Crippen LogP contribution in [0, 0.1) is 0 Å². The number of aromatic nitrogens is 2. The monoisotopic (exact) mass is 319 g/mol. The van der Waals surface area contributed by atoms with Gasteiger partial charge in [-0.3, -0.25) is 9.69 Å². The summed E-state index contributed by atoms with van der Waals surface area (Å²) < 4.78 is 5.21. The molecule has 8 heteroatoms. The van der Waals surface area contributed by atoms with Crippen LogP contribution in [0.2, 0.25) is 0 Å². The van der Waals surface area contributed by atoms with Crippen LogP contribution in [0.4, 0.5) is 4.79 Å². The Balaban J connectivity index is 1.50. The Kier molecular flexibility index (Phi) is 3.19. The zero-order valence-electron chi connectivity index (χ0n) is 13.0. The summed E-state index contributed by atoms with van der Waals surface area (Å²) in [4.78, 5) is 30.4. The van der Waals surface area contributed by atoms with Crippen LogP contribution in [0.3, 0.4) is 0 Å². The molecule has 1 aromatic heterocycles. The van der Waals surface area contributed by atoms with Gasteiger partial charge in [-0.05, 0) is 32.1 Å². The smallest absolute Gasteiger partial charge is 0.325 e. The fraction of sp³-hybridized carbons (Fsp3) is 0.733. The molecular formula is C15H21N5O3. The van der Waals surface area contributed by atoms with Gasteiger partial charge in [0.1, 0.15) is 12.1 Å². The summed E-state index contributed by atoms with van der Waals surface area (Å²) in [7, 11) is 0. The van der Waals surface area contributed by atoms with E-state index in [2.05, 4.69) is 15.5 Å². The lowest BCUT2D eigenvalue weighted by atomic mass is 9.77. The third-order valence-electron chi connectivity index (χ3n) is 5.41. The number of urea groups is 1. The summed E-state index contributed by atoms with van der Waals surface area (Å²) in [5.41, 5.74) is 4.94. The maximum atomic E-state index is 12.7. The van der Waals surface area contributed by atoms with Gasteiger partial charge in [-0.2, -0.15) is 4.98 Å². The van der Waals surface area contributed by atoms with Gasteiger partial charge in [-0.1, -0.05) is 24.4 Å². The average molecular weight is 319 g/mol. The van der Waals surface area contributed by atoms with Crippen molar-refractivity contribution < 1.29 is 14.1 Å². The van der Waals surface area contributed by atoms with E-state index in [1.54, 1.807) is 0 Å². The molecule has 3 N–H and O–H groups in total. The van der Waals surface area contributed by atoms with Crippen LogP contribution in [0.1, 0.15) is 63.1 Å². The minimum absolute atomic E-state index is 0.00942. The van der Waals surface area contributed by atoms with Crippen molar-refractivity contribution in [2.24, 2.45) is 5.73 Å². The number of rotatable bonds is 3. The molecule has 4 rings (SSSR count). The van der Waals surface area contributed by atoms with E-state index in [0.717, 1.165) is 38.5 Å². The van der Waals surface area contributed by atoms with E-state index in [-0.39, 0.29) is 24.4 Å². The second-order valence-electron chi connectivity index (χ2n) is 6.99. The van der Waals surface area contributed by atoms with E-state index in [0.29, 0.717) is 18.7 Å². The number of carbonyl (C=O) groups is 2. The molecule has 124 valence electrons. The van der Waals surface area contributed by atoms with Crippen LogP contribution < -0.4 is 11.1 Å². The van der Waals surface area contributed by atoms with Gasteiger partial charge in [0.05, 0.1) is 5.54 Å². The van der Waals surface area contributed by atoms with E-state index >= 15 is 0 Å². The fourth-order valence-electron chi connectivity index (χ4n) is 3.75. The Labute approximate surface area is 133 Å². The minimum atomic E-state index is -0.721. The maximum Gasteiger partial charge on any atom is 0.325 e. The van der Waals surface area contributed by atoms with Gasteiger partial charge in [0.25, 0.3) is 5.91 Å². The zero-order valence-corrected chi connectivity index (χ0v) is 13.0. The lowest BCUT2D eigenvalue weighted by Gasteiger charge is -2.34. The van der Waals surface area contributed by atoms with Crippen LogP contribution in [0.15, 0.2) is 4.52 Å². The van der Waals surface area contributed by atoms with Crippen LogP contribution in [0.5, 0.6) is 0 Å². The molecule has 0 bridgehead atoms. The maximum absolute atomic E-state index is 12.7. The number of hydrogen-bond acceptors (Lipinski definition) is 6. The number of carbonyl (C=O) groups excluding carboxylic acids is 2. The van der Waals surface area contributed by atoms with Crippen molar-refractivity contribution in [1.82, 2.24) is 20.4 Å². The number of nitrogens with one attached hydrogen (secondary N) is 1. The molecule has 0 aromatic carbocycles. The Morgan fingerprint density at radius 1 is 1.13 bits per heavy atom. The Morgan fingerprint density at radius 3 is 2.52 bits per heavy atom. The van der Waals surface area contributed by atoms with Crippen molar-refractivity contribution in [3.63, 3.8) is 0 Å². The van der Waals surface area contributed by atoms with Crippen molar-refractivity contribution in [2.75, 3.05) is 0 Å². The topological polar surface area (TPSA) is 114 Å². The summed E-state index contributed by atoms with van der Waals surface area (Å²) in [5, 5.41) is 6.80.